The zero-order valence-electron chi connectivity index (χ0n) is 23.6. The minimum atomic E-state index is -2.13. The maximum Gasteiger partial charge on any atom is 0.523 e. The Morgan fingerprint density at radius 3 is 2.50 bits per heavy atom. The first-order valence-corrected chi connectivity index (χ1v) is 14.4. The molecule has 1 N–H and O–H groups in total. The van der Waals surface area contributed by atoms with Gasteiger partial charge >= 0.3 is 29.1 Å². The number of aromatic nitrogens is 2. The summed E-state index contributed by atoms with van der Waals surface area (Å²) in [5.41, 5.74) is 0.600. The molecule has 0 saturated carbocycles. The second-order valence-corrected chi connectivity index (χ2v) is 11.9. The molecular weight excluding hydrogens is 542 g/mol. The summed E-state index contributed by atoms with van der Waals surface area (Å²) in [7, 11) is 4.44. The van der Waals surface area contributed by atoms with E-state index in [0.717, 1.165) is 19.3 Å². The van der Waals surface area contributed by atoms with Crippen LogP contribution in [0.1, 0.15) is 58.4 Å². The van der Waals surface area contributed by atoms with Crippen LogP contribution < -0.4 is 8.63 Å². The van der Waals surface area contributed by atoms with Crippen LogP contribution in [0.25, 0.3) is 0 Å². The summed E-state index contributed by atoms with van der Waals surface area (Å²) in [6.07, 6.45) is 5.63. The molecule has 1 aromatic heterocycles. The first kappa shape index (κ1) is 31.3. The molecule has 0 spiro atoms. The van der Waals surface area contributed by atoms with E-state index in [-0.39, 0.29) is 16.3 Å². The number of nitrogens with zero attached hydrogens (tertiary/aromatic N) is 5. The Labute approximate surface area is 236 Å². The fraction of sp³-hybridized carbons (Fsp3) is 0.577. The van der Waals surface area contributed by atoms with E-state index in [9.17, 15) is 28.5 Å². The predicted octanol–water partition coefficient (Wildman–Crippen LogP) is 4.36. The molecule has 3 rings (SSSR count). The topological polar surface area (TPSA) is 151 Å². The average Bonchev–Trinajstić information content (AvgIpc) is 3.53. The van der Waals surface area contributed by atoms with E-state index in [4.69, 9.17) is 9.47 Å². The quantitative estimate of drug-likeness (QED) is 0.127. The Kier molecular flexibility index (Phi) is 10.2. The van der Waals surface area contributed by atoms with Crippen molar-refractivity contribution >= 4 is 34.8 Å². The molecular formula is C26H39N5O8S+2. The molecule has 0 bridgehead atoms. The number of hydrogen-bond donors (Lipinski definition) is 1. The number of benzene rings is 1. The van der Waals surface area contributed by atoms with Crippen molar-refractivity contribution in [3.05, 3.63) is 46.9 Å². The summed E-state index contributed by atoms with van der Waals surface area (Å²) in [5.74, 6) is -0.306. The maximum atomic E-state index is 14.3. The van der Waals surface area contributed by atoms with Gasteiger partial charge < -0.3 is 19.6 Å². The molecule has 2 unspecified atom stereocenters. The van der Waals surface area contributed by atoms with E-state index < -0.39 is 50.9 Å². The number of ether oxygens (including phenoxy) is 2. The lowest BCUT2D eigenvalue weighted by atomic mass is 10.0. The molecule has 1 fully saturated rings. The summed E-state index contributed by atoms with van der Waals surface area (Å²) < 4.78 is 33.1. The molecule has 220 valence electrons. The average molecular weight is 582 g/mol. The van der Waals surface area contributed by atoms with Crippen LogP contribution in [-0.4, -0.2) is 79.6 Å². The van der Waals surface area contributed by atoms with E-state index in [2.05, 4.69) is 11.9 Å². The number of carbonyl (C=O) groups excluding carboxylic acids is 2. The Hall–Kier alpha value is -3.20. The van der Waals surface area contributed by atoms with Gasteiger partial charge in [-0.15, -0.1) is 0 Å². The number of nitro groups is 1. The summed E-state index contributed by atoms with van der Waals surface area (Å²) in [6, 6.07) is 5.41. The normalized spacial score (nSPS) is 22.4. The van der Waals surface area contributed by atoms with Gasteiger partial charge in [-0.25, -0.2) is 4.79 Å². The Bertz CT molecular complexity index is 1230. The van der Waals surface area contributed by atoms with Crippen LogP contribution in [0.15, 0.2) is 36.8 Å². The standard InChI is InChI=1S/C26H38N5O8S/c1-6-7-8-9-10-23(28-16-24(27-18-28)29(34)35)25(32)31(26(33)38-5)17-22(15-19(31)2)39-21-13-11-20(12-14-21)30(3,4)40(36)37/h11-14,16,18-19,22-23H,6-10,15,17H2,1-5H3/q+1/p+1/t19-,22+,23?,31-/m1/s1. The fourth-order valence-corrected chi connectivity index (χ4v) is 5.53. The largest absolute Gasteiger partial charge is 0.523 e. The van der Waals surface area contributed by atoms with Crippen LogP contribution in [0, 0.1) is 10.1 Å². The highest BCUT2D eigenvalue weighted by Crippen LogP contribution is 2.36. The molecule has 2 amide bonds. The van der Waals surface area contributed by atoms with Gasteiger partial charge in [0, 0.05) is 18.6 Å². The van der Waals surface area contributed by atoms with Crippen molar-refractivity contribution in [2.24, 2.45) is 0 Å². The van der Waals surface area contributed by atoms with Gasteiger partial charge in [-0.05, 0) is 35.4 Å². The molecule has 14 heteroatoms. The van der Waals surface area contributed by atoms with Gasteiger partial charge in [-0.2, -0.15) is 17.4 Å². The van der Waals surface area contributed by atoms with Crippen molar-refractivity contribution in [3.8, 4) is 5.75 Å². The Morgan fingerprint density at radius 2 is 1.95 bits per heavy atom. The summed E-state index contributed by atoms with van der Waals surface area (Å²) >= 11 is -2.13. The Balaban J connectivity index is 1.89. The number of amides is 2. The van der Waals surface area contributed by atoms with Gasteiger partial charge in [0.05, 0.1) is 21.2 Å². The number of likely N-dealkylation sites (tertiary alicyclic amines) is 1. The molecule has 5 atom stereocenters. The lowest BCUT2D eigenvalue weighted by molar-refractivity contribution is -0.795. The molecule has 0 radical (unpaired) electrons. The first-order chi connectivity index (χ1) is 18.9. The zero-order valence-corrected chi connectivity index (χ0v) is 24.4. The maximum absolute atomic E-state index is 14.3. The van der Waals surface area contributed by atoms with Crippen molar-refractivity contribution in [2.75, 3.05) is 27.7 Å². The smallest absolute Gasteiger partial charge is 0.484 e. The third-order valence-corrected chi connectivity index (χ3v) is 8.64. The number of carbonyl (C=O) groups is 2. The monoisotopic (exact) mass is 581 g/mol. The zero-order chi connectivity index (χ0) is 29.7. The molecule has 1 aliphatic rings. The summed E-state index contributed by atoms with van der Waals surface area (Å²) in [4.78, 5) is 42.1. The van der Waals surface area contributed by atoms with Crippen LogP contribution in [0.4, 0.5) is 16.3 Å². The predicted molar refractivity (Wildman–Crippen MR) is 149 cm³/mol. The number of imidazole rings is 1. The van der Waals surface area contributed by atoms with E-state index in [1.807, 2.05) is 0 Å². The number of rotatable bonds is 12. The van der Waals surface area contributed by atoms with Crippen molar-refractivity contribution in [1.29, 1.82) is 0 Å². The SMILES string of the molecule is CCCCCCC(C(=O)[N@@+]1(C(=O)OC)C[C@@H](Oc2ccc([N+](C)(C)S(=O)O)cc2)C[C@H]1C)n1cnc([N+](=O)[O-])c1. The minimum Gasteiger partial charge on any atom is -0.484 e. The third-order valence-electron chi connectivity index (χ3n) is 7.64. The van der Waals surface area contributed by atoms with Gasteiger partial charge in [-0.1, -0.05) is 32.6 Å². The number of imide groups is 1. The van der Waals surface area contributed by atoms with E-state index in [1.54, 1.807) is 45.3 Å². The molecule has 1 aliphatic heterocycles. The summed E-state index contributed by atoms with van der Waals surface area (Å²) in [6.45, 7) is 3.90. The Morgan fingerprint density at radius 1 is 1.27 bits per heavy atom. The number of methoxy groups -OCH3 is 1. The van der Waals surface area contributed by atoms with Gasteiger partial charge in [0.25, 0.3) is 0 Å². The highest BCUT2D eigenvalue weighted by atomic mass is 32.2. The second-order valence-electron chi connectivity index (χ2n) is 10.6. The lowest BCUT2D eigenvalue weighted by Gasteiger charge is -2.33. The first-order valence-electron chi connectivity index (χ1n) is 13.3. The lowest BCUT2D eigenvalue weighted by Crippen LogP contribution is -2.61. The van der Waals surface area contributed by atoms with E-state index >= 15 is 0 Å². The molecule has 2 heterocycles. The molecule has 1 saturated heterocycles. The van der Waals surface area contributed by atoms with Gasteiger partial charge in [0.2, 0.25) is 6.33 Å². The van der Waals surface area contributed by atoms with Crippen molar-refractivity contribution < 1.29 is 37.2 Å². The molecule has 13 nitrogen and oxygen atoms in total. The molecule has 0 aliphatic carbocycles. The number of hydrogen-bond acceptors (Lipinski definition) is 8. The second kappa shape index (κ2) is 13.0. The summed E-state index contributed by atoms with van der Waals surface area (Å²) in [5, 5.41) is 11.3. The van der Waals surface area contributed by atoms with Gasteiger partial charge in [0.1, 0.15) is 30.2 Å². The van der Waals surface area contributed by atoms with Gasteiger partial charge in [-0.3, -0.25) is 9.12 Å². The van der Waals surface area contributed by atoms with Gasteiger partial charge in [0.15, 0.2) is 12.1 Å². The number of unbranched alkanes of at least 4 members (excludes halogenated alkanes) is 3. The van der Waals surface area contributed by atoms with E-state index in [1.165, 1.54) is 24.2 Å². The van der Waals surface area contributed by atoms with Crippen LogP contribution in [0.3, 0.4) is 0 Å². The van der Waals surface area contributed by atoms with Crippen molar-refractivity contribution in [3.63, 3.8) is 0 Å². The van der Waals surface area contributed by atoms with Crippen LogP contribution >= 0.6 is 0 Å². The highest BCUT2D eigenvalue weighted by Gasteiger charge is 2.60. The molecule has 2 aromatic rings. The van der Waals surface area contributed by atoms with Crippen molar-refractivity contribution in [2.45, 2.75) is 70.6 Å². The van der Waals surface area contributed by atoms with Crippen LogP contribution in [-0.2, 0) is 20.8 Å². The highest BCUT2D eigenvalue weighted by molar-refractivity contribution is 7.78. The number of quaternary nitrogens is 2. The molecule has 1 aromatic carbocycles. The minimum absolute atomic E-state index is 0.0267. The molecule has 40 heavy (non-hydrogen) atoms. The van der Waals surface area contributed by atoms with E-state index in [0.29, 0.717) is 30.7 Å². The van der Waals surface area contributed by atoms with Crippen LogP contribution in [0.5, 0.6) is 5.75 Å². The van der Waals surface area contributed by atoms with Crippen LogP contribution in [0.2, 0.25) is 0 Å². The van der Waals surface area contributed by atoms with Crippen molar-refractivity contribution in [1.82, 2.24) is 13.4 Å². The third kappa shape index (κ3) is 6.40. The fourth-order valence-electron chi connectivity index (χ4n) is 5.22.